The van der Waals surface area contributed by atoms with Crippen molar-refractivity contribution in [2.75, 3.05) is 23.8 Å². The summed E-state index contributed by atoms with van der Waals surface area (Å²) < 4.78 is 6.56. The zero-order chi connectivity index (χ0) is 24.1. The van der Waals surface area contributed by atoms with Crippen LogP contribution in [0.2, 0.25) is 0 Å². The largest absolute Gasteiger partial charge is 0.451 e. The van der Waals surface area contributed by atoms with Gasteiger partial charge in [0.1, 0.15) is 10.7 Å². The molecular formula is C23H32N4O5S. The summed E-state index contributed by atoms with van der Waals surface area (Å²) in [6.45, 7) is 6.02. The highest BCUT2D eigenvalue weighted by atomic mass is 32.1. The van der Waals surface area contributed by atoms with Gasteiger partial charge in [-0.3, -0.25) is 19.1 Å². The third kappa shape index (κ3) is 5.55. The first-order valence-electron chi connectivity index (χ1n) is 11.5. The van der Waals surface area contributed by atoms with Gasteiger partial charge in [-0.1, -0.05) is 27.2 Å². The number of amides is 1. The number of nitrogens with zero attached hydrogens (tertiary/aromatic N) is 2. The maximum Gasteiger partial charge on any atom is 0.348 e. The minimum Gasteiger partial charge on any atom is -0.451 e. The molecule has 0 aromatic carbocycles. The summed E-state index contributed by atoms with van der Waals surface area (Å²) in [5, 5.41) is 0. The molecule has 9 nitrogen and oxygen atoms in total. The Morgan fingerprint density at radius 3 is 2.76 bits per heavy atom. The number of hydrogen-bond acceptors (Lipinski definition) is 7. The number of aromatic amines is 1. The summed E-state index contributed by atoms with van der Waals surface area (Å²) >= 11 is 1.42. The van der Waals surface area contributed by atoms with Crippen molar-refractivity contribution in [3.8, 4) is 0 Å². The van der Waals surface area contributed by atoms with Crippen molar-refractivity contribution in [1.82, 2.24) is 9.55 Å². The maximum absolute atomic E-state index is 13.0. The fourth-order valence-corrected chi connectivity index (χ4v) is 5.15. The molecule has 0 saturated heterocycles. The lowest BCUT2D eigenvalue weighted by molar-refractivity contribution is -0.121. The predicted molar refractivity (Wildman–Crippen MR) is 129 cm³/mol. The quantitative estimate of drug-likeness (QED) is 0.536. The summed E-state index contributed by atoms with van der Waals surface area (Å²) in [5.41, 5.74) is 5.88. The van der Waals surface area contributed by atoms with Gasteiger partial charge in [0.05, 0.1) is 0 Å². The van der Waals surface area contributed by atoms with E-state index >= 15 is 0 Å². The van der Waals surface area contributed by atoms with Gasteiger partial charge in [0, 0.05) is 18.0 Å². The van der Waals surface area contributed by atoms with Crippen LogP contribution >= 0.6 is 11.3 Å². The molecule has 0 fully saturated rings. The molecule has 1 atom stereocenters. The Kier molecular flexibility index (Phi) is 8.12. The lowest BCUT2D eigenvalue weighted by Crippen LogP contribution is -2.43. The minimum atomic E-state index is -0.735. The van der Waals surface area contributed by atoms with Crippen LogP contribution in [-0.2, 0) is 28.9 Å². The summed E-state index contributed by atoms with van der Waals surface area (Å²) in [4.78, 5) is 55.5. The Morgan fingerprint density at radius 2 is 2.06 bits per heavy atom. The Labute approximate surface area is 196 Å². The Bertz CT molecular complexity index is 1130. The van der Waals surface area contributed by atoms with E-state index in [-0.39, 0.29) is 18.1 Å². The Morgan fingerprint density at radius 1 is 1.30 bits per heavy atom. The number of esters is 1. The average Bonchev–Trinajstić information content (AvgIpc) is 3.20. The standard InChI is InChI=1S/C23H32N4O5S/c1-4-6-10-26(19-20(24)27(9-5-2)23(31)25-21(19)29)18(28)13-32-22(30)17-12-15-11-14(3)7-8-16(15)33-17/h12,14H,4-11,13,24H2,1-3H3,(H,25,29,31). The number of carbonyl (C=O) groups is 2. The van der Waals surface area contributed by atoms with E-state index in [1.165, 1.54) is 31.2 Å². The number of nitrogens with one attached hydrogen (secondary N) is 1. The second-order valence-electron chi connectivity index (χ2n) is 8.53. The molecule has 3 N–H and O–H groups in total. The molecule has 180 valence electrons. The zero-order valence-corrected chi connectivity index (χ0v) is 20.3. The van der Waals surface area contributed by atoms with Crippen molar-refractivity contribution in [3.63, 3.8) is 0 Å². The molecule has 0 radical (unpaired) electrons. The average molecular weight is 477 g/mol. The van der Waals surface area contributed by atoms with Gasteiger partial charge in [-0.05, 0) is 49.7 Å². The van der Waals surface area contributed by atoms with Crippen LogP contribution < -0.4 is 21.9 Å². The second kappa shape index (κ2) is 10.8. The van der Waals surface area contributed by atoms with Gasteiger partial charge in [0.25, 0.3) is 11.5 Å². The van der Waals surface area contributed by atoms with Crippen LogP contribution in [0.1, 0.15) is 66.6 Å². The number of anilines is 2. The number of hydrogen-bond donors (Lipinski definition) is 2. The second-order valence-corrected chi connectivity index (χ2v) is 9.66. The van der Waals surface area contributed by atoms with E-state index in [9.17, 15) is 19.2 Å². The molecule has 0 bridgehead atoms. The predicted octanol–water partition coefficient (Wildman–Crippen LogP) is 2.71. The van der Waals surface area contributed by atoms with Crippen LogP contribution in [-0.4, -0.2) is 34.6 Å². The van der Waals surface area contributed by atoms with Crippen molar-refractivity contribution in [2.45, 2.75) is 65.8 Å². The van der Waals surface area contributed by atoms with Gasteiger partial charge in [0.15, 0.2) is 12.3 Å². The topological polar surface area (TPSA) is 127 Å². The van der Waals surface area contributed by atoms with Crippen molar-refractivity contribution in [1.29, 1.82) is 0 Å². The van der Waals surface area contributed by atoms with Crippen LogP contribution in [0, 0.1) is 5.92 Å². The molecule has 10 heteroatoms. The monoisotopic (exact) mass is 476 g/mol. The number of carbonyl (C=O) groups excluding carboxylic acids is 2. The van der Waals surface area contributed by atoms with Crippen molar-refractivity contribution < 1.29 is 14.3 Å². The first-order valence-corrected chi connectivity index (χ1v) is 12.3. The van der Waals surface area contributed by atoms with E-state index in [0.717, 1.165) is 25.7 Å². The molecule has 3 rings (SSSR count). The highest BCUT2D eigenvalue weighted by molar-refractivity contribution is 7.14. The van der Waals surface area contributed by atoms with Gasteiger partial charge >= 0.3 is 11.7 Å². The Hall–Kier alpha value is -2.88. The van der Waals surface area contributed by atoms with Crippen molar-refractivity contribution >= 4 is 34.7 Å². The molecule has 0 saturated carbocycles. The molecular weight excluding hydrogens is 444 g/mol. The summed E-state index contributed by atoms with van der Waals surface area (Å²) in [7, 11) is 0. The van der Waals surface area contributed by atoms with Crippen LogP contribution in [0.15, 0.2) is 15.7 Å². The molecule has 2 aromatic rings. The van der Waals surface area contributed by atoms with E-state index in [0.29, 0.717) is 30.2 Å². The lowest BCUT2D eigenvalue weighted by atomic mass is 9.90. The molecule has 1 aliphatic carbocycles. The number of fused-ring (bicyclic) bond motifs is 1. The molecule has 1 aliphatic rings. The highest BCUT2D eigenvalue weighted by Crippen LogP contribution is 2.32. The number of ether oxygens (including phenoxy) is 1. The first kappa shape index (κ1) is 24.8. The number of nitrogens with two attached hydrogens (primary N) is 1. The van der Waals surface area contributed by atoms with Gasteiger partial charge in [-0.15, -0.1) is 11.3 Å². The van der Waals surface area contributed by atoms with Gasteiger partial charge in [-0.2, -0.15) is 0 Å². The molecule has 2 aromatic heterocycles. The van der Waals surface area contributed by atoms with E-state index in [1.807, 2.05) is 19.9 Å². The van der Waals surface area contributed by atoms with Crippen LogP contribution in [0.25, 0.3) is 0 Å². The van der Waals surface area contributed by atoms with Gasteiger partial charge in [-0.25, -0.2) is 9.59 Å². The SMILES string of the molecule is CCCCN(C(=O)COC(=O)c1cc2c(s1)CCC(C)C2)c1c(N)n(CCC)c(=O)[nH]c1=O. The number of rotatable bonds is 9. The number of H-pyrrole nitrogens is 1. The highest BCUT2D eigenvalue weighted by Gasteiger charge is 2.26. The number of aryl methyl sites for hydroxylation is 1. The normalized spacial score (nSPS) is 15.2. The summed E-state index contributed by atoms with van der Waals surface area (Å²) in [5.74, 6) is -0.597. The Balaban J connectivity index is 1.79. The van der Waals surface area contributed by atoms with Crippen LogP contribution in [0.3, 0.4) is 0 Å². The molecule has 1 amide bonds. The van der Waals surface area contributed by atoms with Gasteiger partial charge < -0.3 is 15.4 Å². The molecule has 0 spiro atoms. The van der Waals surface area contributed by atoms with Gasteiger partial charge in [0.2, 0.25) is 0 Å². The summed E-state index contributed by atoms with van der Waals surface area (Å²) in [6, 6.07) is 1.86. The third-order valence-electron chi connectivity index (χ3n) is 5.82. The maximum atomic E-state index is 13.0. The summed E-state index contributed by atoms with van der Waals surface area (Å²) in [6.07, 6.45) is 5.01. The number of unbranched alkanes of at least 4 members (excludes halogenated alkanes) is 1. The van der Waals surface area contributed by atoms with Crippen LogP contribution in [0.4, 0.5) is 11.5 Å². The van der Waals surface area contributed by atoms with E-state index in [2.05, 4.69) is 11.9 Å². The lowest BCUT2D eigenvalue weighted by Gasteiger charge is -2.24. The third-order valence-corrected chi connectivity index (χ3v) is 7.04. The number of nitrogen functional groups attached to an aromatic ring is 1. The molecule has 33 heavy (non-hydrogen) atoms. The smallest absolute Gasteiger partial charge is 0.348 e. The van der Waals surface area contributed by atoms with E-state index < -0.39 is 29.7 Å². The molecule has 2 heterocycles. The molecule has 0 aliphatic heterocycles. The fraction of sp³-hybridized carbons (Fsp3) is 0.565. The van der Waals surface area contributed by atoms with Crippen molar-refractivity contribution in [3.05, 3.63) is 42.2 Å². The number of aromatic nitrogens is 2. The number of thiophene rings is 1. The van der Waals surface area contributed by atoms with Crippen molar-refractivity contribution in [2.24, 2.45) is 5.92 Å². The van der Waals surface area contributed by atoms with E-state index in [4.69, 9.17) is 10.5 Å². The van der Waals surface area contributed by atoms with E-state index in [1.54, 1.807) is 0 Å². The zero-order valence-electron chi connectivity index (χ0n) is 19.4. The minimum absolute atomic E-state index is 0.0681. The van der Waals surface area contributed by atoms with Crippen LogP contribution in [0.5, 0.6) is 0 Å². The molecule has 1 unspecified atom stereocenters. The fourth-order valence-electron chi connectivity index (χ4n) is 4.04. The first-order chi connectivity index (χ1) is 15.8.